The normalized spacial score (nSPS) is 12.8. The van der Waals surface area contributed by atoms with Crippen LogP contribution in [0.1, 0.15) is 33.3 Å². The fourth-order valence-electron chi connectivity index (χ4n) is 3.15. The minimum absolute atomic E-state index is 0.110. The molecule has 186 valence electrons. The third-order valence-corrected chi connectivity index (χ3v) is 7.07. The quantitative estimate of drug-likeness (QED) is 0.562. The number of carbonyl (C=O) groups excluding carboxylic acids is 2. The molecule has 0 aliphatic heterocycles. The largest absolute Gasteiger partial charge is 0.350 e. The molecular formula is C24H33ClN4O4S. The third-order valence-electron chi connectivity index (χ3n) is 4.99. The highest BCUT2D eigenvalue weighted by atomic mass is 35.5. The summed E-state index contributed by atoms with van der Waals surface area (Å²) in [6.07, 6.45) is 0. The smallest absolute Gasteiger partial charge is 0.304 e. The van der Waals surface area contributed by atoms with Gasteiger partial charge in [0.15, 0.2) is 0 Å². The van der Waals surface area contributed by atoms with E-state index in [0.717, 1.165) is 14.2 Å². The number of amides is 2. The van der Waals surface area contributed by atoms with Gasteiger partial charge in [-0.3, -0.25) is 9.59 Å². The van der Waals surface area contributed by atoms with Gasteiger partial charge in [0, 0.05) is 31.2 Å². The fourth-order valence-corrected chi connectivity index (χ4v) is 4.34. The van der Waals surface area contributed by atoms with Crippen LogP contribution < -0.4 is 9.62 Å². The van der Waals surface area contributed by atoms with Crippen molar-refractivity contribution in [2.45, 2.75) is 45.8 Å². The third kappa shape index (κ3) is 7.44. The molecule has 0 aliphatic rings. The maximum atomic E-state index is 13.6. The SMILES string of the molecule is CC(C(=O)NC(C)(C)C)N(Cc1ccc(Cl)cc1)C(=O)CN(c1ccccc1)S(=O)(=O)N(C)C. The number of benzene rings is 2. The maximum Gasteiger partial charge on any atom is 0.304 e. The van der Waals surface area contributed by atoms with Gasteiger partial charge in [-0.2, -0.15) is 12.7 Å². The van der Waals surface area contributed by atoms with Gasteiger partial charge in [0.05, 0.1) is 5.69 Å². The number of hydrogen-bond acceptors (Lipinski definition) is 4. The number of nitrogens with one attached hydrogen (secondary N) is 1. The van der Waals surface area contributed by atoms with Crippen LogP contribution in [0.2, 0.25) is 5.02 Å². The first-order chi connectivity index (χ1) is 15.7. The van der Waals surface area contributed by atoms with Crippen molar-refractivity contribution in [3.05, 3.63) is 65.2 Å². The minimum atomic E-state index is -3.97. The van der Waals surface area contributed by atoms with Crippen molar-refractivity contribution < 1.29 is 18.0 Å². The van der Waals surface area contributed by atoms with Gasteiger partial charge >= 0.3 is 10.2 Å². The van der Waals surface area contributed by atoms with E-state index in [1.54, 1.807) is 61.5 Å². The van der Waals surface area contributed by atoms with Crippen molar-refractivity contribution >= 4 is 39.3 Å². The molecule has 2 rings (SSSR count). The lowest BCUT2D eigenvalue weighted by Crippen LogP contribution is -2.54. The van der Waals surface area contributed by atoms with E-state index in [4.69, 9.17) is 11.6 Å². The Balaban J connectivity index is 2.43. The molecule has 0 spiro atoms. The second-order valence-corrected chi connectivity index (χ2v) is 11.7. The van der Waals surface area contributed by atoms with Gasteiger partial charge in [-0.25, -0.2) is 4.31 Å². The lowest BCUT2D eigenvalue weighted by atomic mass is 10.1. The summed E-state index contributed by atoms with van der Waals surface area (Å²) in [5, 5.41) is 3.44. The summed E-state index contributed by atoms with van der Waals surface area (Å²) in [4.78, 5) is 27.9. The van der Waals surface area contributed by atoms with Crippen LogP contribution in [-0.4, -0.2) is 61.7 Å². The van der Waals surface area contributed by atoms with Gasteiger partial charge in [-0.15, -0.1) is 0 Å². The van der Waals surface area contributed by atoms with E-state index in [1.165, 1.54) is 19.0 Å². The first-order valence-electron chi connectivity index (χ1n) is 10.8. The van der Waals surface area contributed by atoms with Gasteiger partial charge in [-0.1, -0.05) is 41.9 Å². The number of anilines is 1. The van der Waals surface area contributed by atoms with Crippen LogP contribution >= 0.6 is 11.6 Å². The molecule has 2 aromatic rings. The molecule has 0 bridgehead atoms. The van der Waals surface area contributed by atoms with Gasteiger partial charge in [0.1, 0.15) is 12.6 Å². The van der Waals surface area contributed by atoms with E-state index < -0.39 is 34.2 Å². The zero-order chi connectivity index (χ0) is 25.7. The number of nitrogens with zero attached hydrogens (tertiary/aromatic N) is 3. The monoisotopic (exact) mass is 508 g/mol. The molecule has 2 amide bonds. The Labute approximate surface area is 207 Å². The maximum absolute atomic E-state index is 13.6. The molecule has 0 saturated carbocycles. The summed E-state index contributed by atoms with van der Waals surface area (Å²) in [5.74, 6) is -0.850. The molecule has 0 saturated heterocycles. The Bertz CT molecular complexity index is 1080. The molecule has 2 aromatic carbocycles. The molecule has 0 aromatic heterocycles. The summed E-state index contributed by atoms with van der Waals surface area (Å²) in [5.41, 5.74) is 0.614. The molecule has 1 unspecified atom stereocenters. The van der Waals surface area contributed by atoms with Crippen molar-refractivity contribution in [1.82, 2.24) is 14.5 Å². The van der Waals surface area contributed by atoms with Crippen LogP contribution in [0.5, 0.6) is 0 Å². The molecule has 34 heavy (non-hydrogen) atoms. The topological polar surface area (TPSA) is 90.0 Å². The molecule has 0 aliphatic carbocycles. The average molecular weight is 509 g/mol. The first-order valence-corrected chi connectivity index (χ1v) is 12.6. The molecule has 0 radical (unpaired) electrons. The van der Waals surface area contributed by atoms with Crippen molar-refractivity contribution in [3.63, 3.8) is 0 Å². The summed E-state index contributed by atoms with van der Waals surface area (Å²) >= 11 is 5.99. The van der Waals surface area contributed by atoms with E-state index in [1.807, 2.05) is 20.8 Å². The number of hydrogen-bond donors (Lipinski definition) is 1. The van der Waals surface area contributed by atoms with Crippen LogP contribution in [-0.2, 0) is 26.3 Å². The number of halogens is 1. The van der Waals surface area contributed by atoms with E-state index in [0.29, 0.717) is 10.7 Å². The van der Waals surface area contributed by atoms with E-state index in [-0.39, 0.29) is 12.5 Å². The van der Waals surface area contributed by atoms with Crippen LogP contribution in [0.15, 0.2) is 54.6 Å². The molecule has 0 heterocycles. The predicted molar refractivity (Wildman–Crippen MR) is 136 cm³/mol. The number of rotatable bonds is 9. The predicted octanol–water partition coefficient (Wildman–Crippen LogP) is 3.28. The highest BCUT2D eigenvalue weighted by molar-refractivity contribution is 7.90. The van der Waals surface area contributed by atoms with E-state index in [9.17, 15) is 18.0 Å². The second-order valence-electron chi connectivity index (χ2n) is 9.20. The summed E-state index contributed by atoms with van der Waals surface area (Å²) < 4.78 is 28.2. The molecule has 0 fully saturated rings. The van der Waals surface area contributed by atoms with Crippen LogP contribution in [0.4, 0.5) is 5.69 Å². The molecular weight excluding hydrogens is 476 g/mol. The van der Waals surface area contributed by atoms with Gasteiger partial charge in [-0.05, 0) is 57.5 Å². The van der Waals surface area contributed by atoms with Crippen molar-refractivity contribution in [1.29, 1.82) is 0 Å². The summed E-state index contributed by atoms with van der Waals surface area (Å²) in [6.45, 7) is 6.82. The zero-order valence-corrected chi connectivity index (χ0v) is 22.0. The Morgan fingerprint density at radius 2 is 1.56 bits per heavy atom. The zero-order valence-electron chi connectivity index (χ0n) is 20.4. The Kier molecular flexibility index (Phi) is 9.10. The number of para-hydroxylation sites is 1. The fraction of sp³-hybridized carbons (Fsp3) is 0.417. The number of carbonyl (C=O) groups is 2. The van der Waals surface area contributed by atoms with Crippen LogP contribution in [0.25, 0.3) is 0 Å². The summed E-state index contributed by atoms with van der Waals surface area (Å²) in [6, 6.07) is 14.5. The van der Waals surface area contributed by atoms with Crippen molar-refractivity contribution in [3.8, 4) is 0 Å². The minimum Gasteiger partial charge on any atom is -0.350 e. The lowest BCUT2D eigenvalue weighted by molar-refractivity contribution is -0.140. The highest BCUT2D eigenvalue weighted by Gasteiger charge is 2.33. The molecule has 10 heteroatoms. The van der Waals surface area contributed by atoms with Gasteiger partial charge in [0.2, 0.25) is 11.8 Å². The molecule has 8 nitrogen and oxygen atoms in total. The molecule has 1 atom stereocenters. The highest BCUT2D eigenvalue weighted by Crippen LogP contribution is 2.21. The Hall–Kier alpha value is -2.62. The lowest BCUT2D eigenvalue weighted by Gasteiger charge is -2.34. The van der Waals surface area contributed by atoms with Crippen LogP contribution in [0.3, 0.4) is 0 Å². The molecule has 1 N–H and O–H groups in total. The second kappa shape index (κ2) is 11.2. The van der Waals surface area contributed by atoms with E-state index in [2.05, 4.69) is 5.32 Å². The van der Waals surface area contributed by atoms with Gasteiger partial charge in [0.25, 0.3) is 0 Å². The van der Waals surface area contributed by atoms with Crippen molar-refractivity contribution in [2.24, 2.45) is 0 Å². The Morgan fingerprint density at radius 1 is 1.00 bits per heavy atom. The Morgan fingerprint density at radius 3 is 2.06 bits per heavy atom. The van der Waals surface area contributed by atoms with Gasteiger partial charge < -0.3 is 10.2 Å². The van der Waals surface area contributed by atoms with Crippen LogP contribution in [0, 0.1) is 0 Å². The first kappa shape index (κ1) is 27.6. The average Bonchev–Trinajstić information content (AvgIpc) is 2.75. The summed E-state index contributed by atoms with van der Waals surface area (Å²) in [7, 11) is -1.17. The standard InChI is InChI=1S/C24H33ClN4O4S/c1-18(23(31)26-24(2,3)4)28(16-19-12-14-20(25)15-13-19)22(30)17-29(34(32,33)27(5)6)21-10-8-7-9-11-21/h7-15,18H,16-17H2,1-6H3,(H,26,31). The van der Waals surface area contributed by atoms with Crippen molar-refractivity contribution in [2.75, 3.05) is 24.9 Å². The van der Waals surface area contributed by atoms with E-state index >= 15 is 0 Å².